The van der Waals surface area contributed by atoms with Gasteiger partial charge in [-0.05, 0) is 12.8 Å². The first-order valence-electron chi connectivity index (χ1n) is 27.2. The molecule has 0 unspecified atom stereocenters. The van der Waals surface area contributed by atoms with Crippen LogP contribution < -0.4 is 5.32 Å². The molecule has 0 rings (SSSR count). The number of hydrogen-bond acceptors (Lipinski definition) is 3. The fourth-order valence-electron chi connectivity index (χ4n) is 8.95. The lowest BCUT2D eigenvalue weighted by Gasteiger charge is -2.22. The third kappa shape index (κ3) is 46.5. The molecule has 3 N–H and O–H groups in total. The summed E-state index contributed by atoms with van der Waals surface area (Å²) in [6.45, 7) is 4.37. The molecule has 0 spiro atoms. The van der Waals surface area contributed by atoms with Gasteiger partial charge in [0.05, 0.1) is 18.8 Å². The largest absolute Gasteiger partial charge is 0.394 e. The van der Waals surface area contributed by atoms with E-state index in [1.54, 1.807) is 0 Å². The van der Waals surface area contributed by atoms with Gasteiger partial charge in [-0.2, -0.15) is 0 Å². The predicted molar refractivity (Wildman–Crippen MR) is 258 cm³/mol. The summed E-state index contributed by atoms with van der Waals surface area (Å²) in [5.41, 5.74) is 0. The maximum absolute atomic E-state index is 12.4. The van der Waals surface area contributed by atoms with Crippen LogP contribution >= 0.6 is 0 Å². The molecule has 0 bridgehead atoms. The SMILES string of the molecule is CCCCCCCCCCCCCCCCCCCCCCCCCCCCCCCCCCCCCCC(=O)N[C@@H](CO)[C@H](O)CCCCCCCCCCCC. The monoisotopic (exact) mass is 820 g/mol. The lowest BCUT2D eigenvalue weighted by atomic mass is 10.0. The number of aliphatic hydroxyl groups is 2. The van der Waals surface area contributed by atoms with Crippen molar-refractivity contribution in [2.24, 2.45) is 0 Å². The Balaban J connectivity index is 3.30. The summed E-state index contributed by atoms with van der Waals surface area (Å²) in [6, 6.07) is -0.529. The molecule has 0 radical (unpaired) electrons. The van der Waals surface area contributed by atoms with E-state index in [-0.39, 0.29) is 12.5 Å². The summed E-state index contributed by atoms with van der Waals surface area (Å²) >= 11 is 0. The van der Waals surface area contributed by atoms with Gasteiger partial charge in [0, 0.05) is 6.42 Å². The molecular formula is C54H109NO3. The van der Waals surface area contributed by atoms with Gasteiger partial charge in [-0.25, -0.2) is 0 Å². The van der Waals surface area contributed by atoms with Crippen LogP contribution in [0.1, 0.15) is 322 Å². The highest BCUT2D eigenvalue weighted by molar-refractivity contribution is 5.76. The van der Waals surface area contributed by atoms with Crippen molar-refractivity contribution in [2.75, 3.05) is 6.61 Å². The molecule has 4 nitrogen and oxygen atoms in total. The van der Waals surface area contributed by atoms with Crippen molar-refractivity contribution < 1.29 is 15.0 Å². The van der Waals surface area contributed by atoms with Crippen molar-refractivity contribution >= 4 is 5.91 Å². The highest BCUT2D eigenvalue weighted by Crippen LogP contribution is 2.18. The topological polar surface area (TPSA) is 69.6 Å². The van der Waals surface area contributed by atoms with E-state index in [0.717, 1.165) is 25.7 Å². The van der Waals surface area contributed by atoms with Crippen LogP contribution in [0.25, 0.3) is 0 Å². The summed E-state index contributed by atoms with van der Waals surface area (Å²) in [6.07, 6.45) is 64.0. The Bertz CT molecular complexity index is 759. The van der Waals surface area contributed by atoms with E-state index in [1.165, 1.54) is 270 Å². The van der Waals surface area contributed by atoms with Crippen molar-refractivity contribution in [2.45, 2.75) is 334 Å². The summed E-state index contributed by atoms with van der Waals surface area (Å²) in [5, 5.41) is 23.1. The summed E-state index contributed by atoms with van der Waals surface area (Å²) in [5.74, 6) is -0.0256. The standard InChI is InChI=1S/C54H109NO3/c1-3-5-7-9-11-13-15-16-17-18-19-20-21-22-23-24-25-26-27-28-29-30-31-32-33-34-35-36-37-38-39-40-42-44-46-48-50-54(58)55-52(51-56)53(57)49-47-45-43-41-14-12-10-8-6-4-2/h52-53,56-57H,3-51H2,1-2H3,(H,55,58)/t52-,53+/m0/s1. The molecule has 4 heteroatoms. The van der Waals surface area contributed by atoms with E-state index < -0.39 is 12.1 Å². The molecule has 0 heterocycles. The van der Waals surface area contributed by atoms with Crippen molar-refractivity contribution in [3.05, 3.63) is 0 Å². The van der Waals surface area contributed by atoms with E-state index >= 15 is 0 Å². The van der Waals surface area contributed by atoms with Gasteiger partial charge in [-0.3, -0.25) is 4.79 Å². The Morgan fingerprint density at radius 3 is 0.776 bits per heavy atom. The maximum Gasteiger partial charge on any atom is 0.220 e. The van der Waals surface area contributed by atoms with E-state index in [1.807, 2.05) is 0 Å². The predicted octanol–water partition coefficient (Wildman–Crippen LogP) is 17.6. The van der Waals surface area contributed by atoms with Gasteiger partial charge < -0.3 is 15.5 Å². The molecule has 0 fully saturated rings. The number of carbonyl (C=O) groups is 1. The summed E-state index contributed by atoms with van der Waals surface area (Å²) in [4.78, 5) is 12.4. The van der Waals surface area contributed by atoms with Crippen LogP contribution in [0.2, 0.25) is 0 Å². The molecule has 0 saturated carbocycles. The van der Waals surface area contributed by atoms with Crippen molar-refractivity contribution in [1.29, 1.82) is 0 Å². The van der Waals surface area contributed by atoms with Crippen LogP contribution in [-0.4, -0.2) is 34.9 Å². The highest BCUT2D eigenvalue weighted by atomic mass is 16.3. The molecule has 0 aromatic rings. The minimum atomic E-state index is -0.652. The van der Waals surface area contributed by atoms with Gasteiger partial charge in [0.25, 0.3) is 0 Å². The molecule has 2 atom stereocenters. The van der Waals surface area contributed by atoms with Gasteiger partial charge in [0.15, 0.2) is 0 Å². The number of carbonyl (C=O) groups excluding carboxylic acids is 1. The second kappa shape index (κ2) is 50.7. The minimum Gasteiger partial charge on any atom is -0.394 e. The maximum atomic E-state index is 12.4. The van der Waals surface area contributed by atoms with Crippen LogP contribution in [0.5, 0.6) is 0 Å². The van der Waals surface area contributed by atoms with Gasteiger partial charge in [-0.15, -0.1) is 0 Å². The van der Waals surface area contributed by atoms with Crippen LogP contribution in [-0.2, 0) is 4.79 Å². The number of unbranched alkanes of at least 4 members (excludes halogenated alkanes) is 44. The van der Waals surface area contributed by atoms with Crippen LogP contribution in [0.15, 0.2) is 0 Å². The lowest BCUT2D eigenvalue weighted by molar-refractivity contribution is -0.123. The van der Waals surface area contributed by atoms with Crippen LogP contribution in [0, 0.1) is 0 Å². The summed E-state index contributed by atoms with van der Waals surface area (Å²) in [7, 11) is 0. The number of rotatable bonds is 51. The quantitative estimate of drug-likeness (QED) is 0.0536. The van der Waals surface area contributed by atoms with Crippen LogP contribution in [0.3, 0.4) is 0 Å². The first-order chi connectivity index (χ1) is 28.7. The highest BCUT2D eigenvalue weighted by Gasteiger charge is 2.20. The van der Waals surface area contributed by atoms with Gasteiger partial charge in [0.2, 0.25) is 5.91 Å². The average Bonchev–Trinajstić information content (AvgIpc) is 3.23. The zero-order valence-electron chi connectivity index (χ0n) is 40.1. The fraction of sp³-hybridized carbons (Fsp3) is 0.981. The Hall–Kier alpha value is -0.610. The summed E-state index contributed by atoms with van der Waals surface area (Å²) < 4.78 is 0. The molecule has 348 valence electrons. The van der Waals surface area contributed by atoms with Crippen molar-refractivity contribution in [3.63, 3.8) is 0 Å². The third-order valence-corrected chi connectivity index (χ3v) is 13.1. The average molecular weight is 820 g/mol. The minimum absolute atomic E-state index is 0.0256. The number of hydrogen-bond donors (Lipinski definition) is 3. The van der Waals surface area contributed by atoms with Gasteiger partial charge >= 0.3 is 0 Å². The fourth-order valence-corrected chi connectivity index (χ4v) is 8.95. The number of aliphatic hydroxyl groups excluding tert-OH is 2. The van der Waals surface area contributed by atoms with E-state index in [9.17, 15) is 15.0 Å². The second-order valence-corrected chi connectivity index (χ2v) is 19.0. The first-order valence-corrected chi connectivity index (χ1v) is 27.2. The van der Waals surface area contributed by atoms with Gasteiger partial charge in [-0.1, -0.05) is 303 Å². The van der Waals surface area contributed by atoms with E-state index in [0.29, 0.717) is 12.8 Å². The molecule has 0 aliphatic heterocycles. The second-order valence-electron chi connectivity index (χ2n) is 19.0. The smallest absolute Gasteiger partial charge is 0.220 e. The van der Waals surface area contributed by atoms with Gasteiger partial charge in [0.1, 0.15) is 0 Å². The molecule has 0 aromatic heterocycles. The third-order valence-electron chi connectivity index (χ3n) is 13.1. The molecular weight excluding hydrogens is 711 g/mol. The molecule has 0 aromatic carbocycles. The van der Waals surface area contributed by atoms with Crippen LogP contribution in [0.4, 0.5) is 0 Å². The Labute approximate surface area is 365 Å². The Morgan fingerprint density at radius 1 is 0.345 bits per heavy atom. The molecule has 0 saturated heterocycles. The number of amides is 1. The molecule has 1 amide bonds. The van der Waals surface area contributed by atoms with Crippen molar-refractivity contribution in [3.8, 4) is 0 Å². The Morgan fingerprint density at radius 2 is 0.552 bits per heavy atom. The van der Waals surface area contributed by atoms with E-state index in [4.69, 9.17) is 0 Å². The number of nitrogens with one attached hydrogen (secondary N) is 1. The zero-order valence-corrected chi connectivity index (χ0v) is 40.1. The molecule has 0 aliphatic carbocycles. The zero-order chi connectivity index (χ0) is 42.1. The lowest BCUT2D eigenvalue weighted by Crippen LogP contribution is -2.45. The van der Waals surface area contributed by atoms with Crippen molar-refractivity contribution in [1.82, 2.24) is 5.32 Å². The first kappa shape index (κ1) is 57.4. The Kier molecular flexibility index (Phi) is 50.2. The van der Waals surface area contributed by atoms with E-state index in [2.05, 4.69) is 19.2 Å². The normalized spacial score (nSPS) is 12.7. The molecule has 58 heavy (non-hydrogen) atoms. The molecule has 0 aliphatic rings.